The van der Waals surface area contributed by atoms with E-state index in [9.17, 15) is 10.1 Å². The van der Waals surface area contributed by atoms with Crippen molar-refractivity contribution >= 4 is 18.9 Å². The molecule has 1 aromatic rings. The molecule has 1 heterocycles. The quantitative estimate of drug-likeness (QED) is 0.482. The third-order valence-corrected chi connectivity index (χ3v) is 3.80. The summed E-state index contributed by atoms with van der Waals surface area (Å²) in [7, 11) is -0.445. The van der Waals surface area contributed by atoms with Crippen LogP contribution in [0, 0.1) is 10.1 Å². The van der Waals surface area contributed by atoms with Crippen LogP contribution in [0.25, 0.3) is 6.08 Å². The van der Waals surface area contributed by atoms with Crippen molar-refractivity contribution in [3.05, 3.63) is 45.9 Å². The van der Waals surface area contributed by atoms with Crippen molar-refractivity contribution in [2.75, 3.05) is 0 Å². The van der Waals surface area contributed by atoms with Crippen molar-refractivity contribution in [3.8, 4) is 0 Å². The Hall–Kier alpha value is -1.66. The Balaban J connectivity index is 2.12. The molecule has 0 saturated carbocycles. The molecule has 0 atom stereocenters. The van der Waals surface area contributed by atoms with E-state index in [4.69, 9.17) is 9.31 Å². The van der Waals surface area contributed by atoms with E-state index in [1.54, 1.807) is 24.2 Å². The number of hydrogen-bond donors (Lipinski definition) is 0. The number of rotatable bonds is 3. The smallest absolute Gasteiger partial charge is 0.400 e. The van der Waals surface area contributed by atoms with E-state index in [1.807, 2.05) is 27.7 Å². The lowest BCUT2D eigenvalue weighted by Gasteiger charge is -2.32. The van der Waals surface area contributed by atoms with Gasteiger partial charge in [-0.15, -0.1) is 0 Å². The van der Waals surface area contributed by atoms with E-state index >= 15 is 0 Å². The Labute approximate surface area is 118 Å². The van der Waals surface area contributed by atoms with Gasteiger partial charge in [-0.2, -0.15) is 0 Å². The van der Waals surface area contributed by atoms with Crippen molar-refractivity contribution < 1.29 is 14.2 Å². The minimum absolute atomic E-state index is 0.0704. The monoisotopic (exact) mass is 275 g/mol. The average molecular weight is 275 g/mol. The van der Waals surface area contributed by atoms with Gasteiger partial charge in [-0.25, -0.2) is 0 Å². The highest BCUT2D eigenvalue weighted by molar-refractivity contribution is 6.52. The number of hydrogen-bond acceptors (Lipinski definition) is 4. The first-order valence-electron chi connectivity index (χ1n) is 6.50. The predicted molar refractivity (Wildman–Crippen MR) is 78.2 cm³/mol. The molecule has 20 heavy (non-hydrogen) atoms. The summed E-state index contributed by atoms with van der Waals surface area (Å²) in [6.07, 6.45) is 1.77. The fourth-order valence-electron chi connectivity index (χ4n) is 1.90. The highest BCUT2D eigenvalue weighted by Gasteiger charge is 2.49. The second-order valence-corrected chi connectivity index (χ2v) is 5.84. The molecule has 0 amide bonds. The molecule has 1 aliphatic rings. The van der Waals surface area contributed by atoms with Gasteiger partial charge in [-0.3, -0.25) is 10.1 Å². The van der Waals surface area contributed by atoms with Crippen molar-refractivity contribution in [2.45, 2.75) is 38.9 Å². The van der Waals surface area contributed by atoms with Gasteiger partial charge < -0.3 is 9.31 Å². The Bertz CT molecular complexity index is 538. The van der Waals surface area contributed by atoms with Crippen LogP contribution < -0.4 is 0 Å². The minimum Gasteiger partial charge on any atom is -0.400 e. The molecule has 2 rings (SSSR count). The maximum Gasteiger partial charge on any atom is 0.487 e. The van der Waals surface area contributed by atoms with Gasteiger partial charge in [-0.05, 0) is 33.3 Å². The molecule has 1 fully saturated rings. The molecule has 6 heteroatoms. The van der Waals surface area contributed by atoms with Crippen LogP contribution in [0.15, 0.2) is 30.2 Å². The molecule has 0 aliphatic carbocycles. The molecule has 0 aromatic heterocycles. The van der Waals surface area contributed by atoms with Gasteiger partial charge in [0.2, 0.25) is 0 Å². The maximum atomic E-state index is 10.7. The van der Waals surface area contributed by atoms with Crippen LogP contribution in [-0.2, 0) is 9.31 Å². The fourth-order valence-corrected chi connectivity index (χ4v) is 1.90. The van der Waals surface area contributed by atoms with E-state index in [1.165, 1.54) is 12.1 Å². The van der Waals surface area contributed by atoms with E-state index < -0.39 is 12.0 Å². The van der Waals surface area contributed by atoms with Crippen LogP contribution in [0.1, 0.15) is 33.3 Å². The lowest BCUT2D eigenvalue weighted by Crippen LogP contribution is -2.41. The molecular formula is C14H18BNO4. The zero-order valence-corrected chi connectivity index (χ0v) is 12.1. The molecular weight excluding hydrogens is 257 g/mol. The topological polar surface area (TPSA) is 61.6 Å². The highest BCUT2D eigenvalue weighted by atomic mass is 16.7. The van der Waals surface area contributed by atoms with Crippen molar-refractivity contribution in [1.29, 1.82) is 0 Å². The second-order valence-electron chi connectivity index (χ2n) is 5.84. The van der Waals surface area contributed by atoms with Gasteiger partial charge in [0.25, 0.3) is 5.69 Å². The SMILES string of the molecule is CC1(C)OB(C=Cc2cccc([N+](=O)[O-])c2)OC1(C)C. The summed E-state index contributed by atoms with van der Waals surface area (Å²) in [6.45, 7) is 7.92. The van der Waals surface area contributed by atoms with Gasteiger partial charge in [0, 0.05) is 12.1 Å². The van der Waals surface area contributed by atoms with Gasteiger partial charge >= 0.3 is 7.12 Å². The van der Waals surface area contributed by atoms with Crippen molar-refractivity contribution in [3.63, 3.8) is 0 Å². The van der Waals surface area contributed by atoms with E-state index in [0.717, 1.165) is 5.56 Å². The van der Waals surface area contributed by atoms with Gasteiger partial charge in [0.05, 0.1) is 16.1 Å². The minimum atomic E-state index is -0.445. The molecule has 5 nitrogen and oxygen atoms in total. The largest absolute Gasteiger partial charge is 0.487 e. The van der Waals surface area contributed by atoms with E-state index in [-0.39, 0.29) is 16.9 Å². The first-order chi connectivity index (χ1) is 9.21. The third-order valence-electron chi connectivity index (χ3n) is 3.80. The fraction of sp³-hybridized carbons (Fsp3) is 0.429. The van der Waals surface area contributed by atoms with Crippen molar-refractivity contribution in [1.82, 2.24) is 0 Å². The summed E-state index contributed by atoms with van der Waals surface area (Å²) < 4.78 is 11.6. The molecule has 0 N–H and O–H groups in total. The summed E-state index contributed by atoms with van der Waals surface area (Å²) in [4.78, 5) is 10.3. The van der Waals surface area contributed by atoms with Crippen LogP contribution >= 0.6 is 0 Å². The molecule has 1 saturated heterocycles. The highest BCUT2D eigenvalue weighted by Crippen LogP contribution is 2.37. The molecule has 0 bridgehead atoms. The standard InChI is InChI=1S/C14H18BNO4/c1-13(2)14(3,4)20-15(19-13)9-8-11-6-5-7-12(10-11)16(17)18/h5-10H,1-4H3. The lowest BCUT2D eigenvalue weighted by molar-refractivity contribution is -0.384. The second kappa shape index (κ2) is 5.03. The Morgan fingerprint density at radius 3 is 2.35 bits per heavy atom. The van der Waals surface area contributed by atoms with E-state index in [0.29, 0.717) is 0 Å². The summed E-state index contributed by atoms with van der Waals surface area (Å²) in [5.41, 5.74) is 0.0463. The molecule has 0 unspecified atom stereocenters. The number of benzene rings is 1. The number of nitrogens with zero attached hydrogens (tertiary/aromatic N) is 1. The van der Waals surface area contributed by atoms with Crippen LogP contribution in [0.2, 0.25) is 0 Å². The Morgan fingerprint density at radius 1 is 1.20 bits per heavy atom. The normalized spacial score (nSPS) is 20.5. The average Bonchev–Trinajstić information content (AvgIpc) is 2.56. The van der Waals surface area contributed by atoms with Crippen LogP contribution in [-0.4, -0.2) is 23.2 Å². The predicted octanol–water partition coefficient (Wildman–Crippen LogP) is 3.24. The zero-order valence-electron chi connectivity index (χ0n) is 12.1. The number of non-ortho nitro benzene ring substituents is 1. The molecule has 1 aromatic carbocycles. The molecule has 0 radical (unpaired) electrons. The van der Waals surface area contributed by atoms with Gasteiger partial charge in [0.1, 0.15) is 0 Å². The molecule has 0 spiro atoms. The Morgan fingerprint density at radius 2 is 1.80 bits per heavy atom. The van der Waals surface area contributed by atoms with Crippen LogP contribution in [0.5, 0.6) is 0 Å². The number of nitro benzene ring substituents is 1. The van der Waals surface area contributed by atoms with Crippen molar-refractivity contribution in [2.24, 2.45) is 0 Å². The van der Waals surface area contributed by atoms with Gasteiger partial charge in [-0.1, -0.05) is 24.2 Å². The first-order valence-corrected chi connectivity index (χ1v) is 6.50. The lowest BCUT2D eigenvalue weighted by atomic mass is 9.89. The maximum absolute atomic E-state index is 10.7. The molecule has 1 aliphatic heterocycles. The van der Waals surface area contributed by atoms with Gasteiger partial charge in [0.15, 0.2) is 0 Å². The molecule has 106 valence electrons. The first kappa shape index (κ1) is 14.7. The van der Waals surface area contributed by atoms with Crippen LogP contribution in [0.4, 0.5) is 5.69 Å². The Kier molecular flexibility index (Phi) is 3.71. The number of nitro groups is 1. The summed E-state index contributed by atoms with van der Waals surface area (Å²) in [5, 5.41) is 10.7. The zero-order chi connectivity index (χ0) is 15.0. The van der Waals surface area contributed by atoms with Crippen LogP contribution in [0.3, 0.4) is 0 Å². The summed E-state index contributed by atoms with van der Waals surface area (Å²) >= 11 is 0. The van der Waals surface area contributed by atoms with E-state index in [2.05, 4.69) is 0 Å². The summed E-state index contributed by atoms with van der Waals surface area (Å²) in [5.74, 6) is 1.77. The summed E-state index contributed by atoms with van der Waals surface area (Å²) in [6, 6.07) is 6.44. The third kappa shape index (κ3) is 2.91.